The number of halogens is 1. The molecule has 0 spiro atoms. The van der Waals surface area contributed by atoms with Gasteiger partial charge >= 0.3 is 0 Å². The lowest BCUT2D eigenvalue weighted by Gasteiger charge is -2.10. The maximum atomic E-state index is 12.0. The second-order valence-electron chi connectivity index (χ2n) is 3.91. The molecule has 0 amide bonds. The number of nitriles is 1. The van der Waals surface area contributed by atoms with Crippen molar-refractivity contribution in [2.45, 2.75) is 6.42 Å². The molecule has 0 aliphatic rings. The SMILES string of the molecule is COc1cc2cc(CC#N)c(=O)n(C)c2cc1Cl. The fourth-order valence-electron chi connectivity index (χ4n) is 1.91. The molecule has 5 heteroatoms. The minimum absolute atomic E-state index is 0.0908. The average molecular weight is 263 g/mol. The lowest BCUT2D eigenvalue weighted by atomic mass is 10.1. The summed E-state index contributed by atoms with van der Waals surface area (Å²) < 4.78 is 6.63. The molecular weight excluding hydrogens is 252 g/mol. The Labute approximate surface area is 109 Å². The van der Waals surface area contributed by atoms with E-state index in [9.17, 15) is 4.79 Å². The predicted molar refractivity (Wildman–Crippen MR) is 70.1 cm³/mol. The fraction of sp³-hybridized carbons (Fsp3) is 0.231. The first-order valence-electron chi connectivity index (χ1n) is 5.31. The van der Waals surface area contributed by atoms with Crippen LogP contribution in [0.2, 0.25) is 5.02 Å². The van der Waals surface area contributed by atoms with Gasteiger partial charge in [0.05, 0.1) is 30.1 Å². The van der Waals surface area contributed by atoms with E-state index in [1.54, 1.807) is 25.2 Å². The monoisotopic (exact) mass is 262 g/mol. The van der Waals surface area contributed by atoms with Gasteiger partial charge in [-0.15, -0.1) is 0 Å². The van der Waals surface area contributed by atoms with Crippen LogP contribution in [0.3, 0.4) is 0 Å². The summed E-state index contributed by atoms with van der Waals surface area (Å²) in [6, 6.07) is 7.14. The van der Waals surface area contributed by atoms with Gasteiger partial charge < -0.3 is 9.30 Å². The fourth-order valence-corrected chi connectivity index (χ4v) is 2.14. The molecule has 2 rings (SSSR count). The molecule has 0 aliphatic heterocycles. The summed E-state index contributed by atoms with van der Waals surface area (Å²) in [7, 11) is 3.19. The Balaban J connectivity index is 2.83. The molecule has 0 saturated heterocycles. The van der Waals surface area contributed by atoms with Crippen LogP contribution in [-0.2, 0) is 13.5 Å². The molecule has 92 valence electrons. The van der Waals surface area contributed by atoms with E-state index >= 15 is 0 Å². The number of ether oxygens (including phenoxy) is 1. The van der Waals surface area contributed by atoms with Gasteiger partial charge in [0.25, 0.3) is 5.56 Å². The summed E-state index contributed by atoms with van der Waals surface area (Å²) in [6.45, 7) is 0. The quantitative estimate of drug-likeness (QED) is 0.834. The highest BCUT2D eigenvalue weighted by Crippen LogP contribution is 2.29. The summed E-state index contributed by atoms with van der Waals surface area (Å²) in [5, 5.41) is 9.98. The lowest BCUT2D eigenvalue weighted by Crippen LogP contribution is -2.21. The van der Waals surface area contributed by atoms with Crippen molar-refractivity contribution in [3.8, 4) is 11.8 Å². The van der Waals surface area contributed by atoms with E-state index < -0.39 is 0 Å². The third-order valence-corrected chi connectivity index (χ3v) is 3.14. The van der Waals surface area contributed by atoms with Crippen LogP contribution in [0.25, 0.3) is 10.9 Å². The molecule has 0 radical (unpaired) electrons. The minimum atomic E-state index is -0.176. The van der Waals surface area contributed by atoms with Gasteiger partial charge in [-0.25, -0.2) is 0 Å². The number of hydrogen-bond acceptors (Lipinski definition) is 3. The normalized spacial score (nSPS) is 10.3. The third kappa shape index (κ3) is 1.93. The van der Waals surface area contributed by atoms with Crippen molar-refractivity contribution >= 4 is 22.5 Å². The van der Waals surface area contributed by atoms with Gasteiger partial charge in [-0.3, -0.25) is 4.79 Å². The zero-order chi connectivity index (χ0) is 13.3. The summed E-state index contributed by atoms with van der Waals surface area (Å²) in [6.07, 6.45) is 0.0908. The Hall–Kier alpha value is -1.99. The minimum Gasteiger partial charge on any atom is -0.495 e. The van der Waals surface area contributed by atoms with Gasteiger partial charge in [0.15, 0.2) is 0 Å². The number of rotatable bonds is 2. The van der Waals surface area contributed by atoms with Gasteiger partial charge in [0.2, 0.25) is 0 Å². The van der Waals surface area contributed by atoms with Crippen LogP contribution in [0.4, 0.5) is 0 Å². The van der Waals surface area contributed by atoms with Crippen LogP contribution in [0.15, 0.2) is 23.0 Å². The molecule has 0 aliphatic carbocycles. The smallest absolute Gasteiger partial charge is 0.255 e. The van der Waals surface area contributed by atoms with E-state index in [4.69, 9.17) is 21.6 Å². The topological polar surface area (TPSA) is 55.0 Å². The molecular formula is C13H11ClN2O2. The Morgan fingerprint density at radius 2 is 2.17 bits per heavy atom. The molecule has 0 bridgehead atoms. The van der Waals surface area contributed by atoms with Crippen LogP contribution in [-0.4, -0.2) is 11.7 Å². The molecule has 1 aromatic carbocycles. The Morgan fingerprint density at radius 1 is 1.44 bits per heavy atom. The standard InChI is InChI=1S/C13H11ClN2O2/c1-16-11-7-10(14)12(18-2)6-9(11)5-8(3-4-15)13(16)17/h5-7H,3H2,1-2H3. The van der Waals surface area contributed by atoms with Crippen molar-refractivity contribution in [3.63, 3.8) is 0 Å². The van der Waals surface area contributed by atoms with Gasteiger partial charge in [-0.05, 0) is 18.2 Å². The van der Waals surface area contributed by atoms with Crippen LogP contribution >= 0.6 is 11.6 Å². The van der Waals surface area contributed by atoms with E-state index in [1.807, 2.05) is 6.07 Å². The largest absolute Gasteiger partial charge is 0.495 e. The molecule has 0 unspecified atom stereocenters. The number of hydrogen-bond donors (Lipinski definition) is 0. The third-order valence-electron chi connectivity index (χ3n) is 2.84. The molecule has 2 aromatic rings. The molecule has 0 N–H and O–H groups in total. The van der Waals surface area contributed by atoms with Crippen molar-refractivity contribution in [2.75, 3.05) is 7.11 Å². The van der Waals surface area contributed by atoms with Crippen LogP contribution in [0.1, 0.15) is 5.56 Å². The summed E-state index contributed by atoms with van der Waals surface area (Å²) in [5.41, 5.74) is 1.01. The molecule has 0 saturated carbocycles. The summed E-state index contributed by atoms with van der Waals surface area (Å²) >= 11 is 6.04. The number of fused-ring (bicyclic) bond motifs is 1. The Morgan fingerprint density at radius 3 is 2.78 bits per heavy atom. The molecule has 0 fully saturated rings. The number of pyridine rings is 1. The predicted octanol–water partition coefficient (Wildman–Crippen LogP) is 2.27. The average Bonchev–Trinajstić information content (AvgIpc) is 2.36. The first-order valence-corrected chi connectivity index (χ1v) is 5.69. The first-order chi connectivity index (χ1) is 8.58. The second-order valence-corrected chi connectivity index (χ2v) is 4.32. The highest BCUT2D eigenvalue weighted by atomic mass is 35.5. The molecule has 18 heavy (non-hydrogen) atoms. The van der Waals surface area contributed by atoms with Crippen molar-refractivity contribution in [1.29, 1.82) is 5.26 Å². The van der Waals surface area contributed by atoms with Gasteiger partial charge in [-0.1, -0.05) is 11.6 Å². The van der Waals surface area contributed by atoms with Crippen molar-refractivity contribution in [2.24, 2.45) is 7.05 Å². The molecule has 4 nitrogen and oxygen atoms in total. The number of aryl methyl sites for hydroxylation is 1. The zero-order valence-corrected chi connectivity index (χ0v) is 10.8. The van der Waals surface area contributed by atoms with E-state index in [2.05, 4.69) is 0 Å². The zero-order valence-electron chi connectivity index (χ0n) is 10.0. The van der Waals surface area contributed by atoms with Crippen LogP contribution in [0.5, 0.6) is 5.75 Å². The summed E-state index contributed by atoms with van der Waals surface area (Å²) in [4.78, 5) is 12.0. The van der Waals surface area contributed by atoms with Gasteiger partial charge in [-0.2, -0.15) is 5.26 Å². The van der Waals surface area contributed by atoms with E-state index in [0.29, 0.717) is 21.9 Å². The molecule has 1 heterocycles. The van der Waals surface area contributed by atoms with Gasteiger partial charge in [0.1, 0.15) is 5.75 Å². The maximum absolute atomic E-state index is 12.0. The molecule has 0 atom stereocenters. The second kappa shape index (κ2) is 4.71. The van der Waals surface area contributed by atoms with E-state index in [-0.39, 0.29) is 12.0 Å². The Kier molecular flexibility index (Phi) is 3.26. The number of benzene rings is 1. The number of methoxy groups -OCH3 is 1. The highest BCUT2D eigenvalue weighted by molar-refractivity contribution is 6.32. The summed E-state index contributed by atoms with van der Waals surface area (Å²) in [5.74, 6) is 0.547. The van der Waals surface area contributed by atoms with Crippen LogP contribution in [0, 0.1) is 11.3 Å². The maximum Gasteiger partial charge on any atom is 0.255 e. The molecule has 1 aromatic heterocycles. The highest BCUT2D eigenvalue weighted by Gasteiger charge is 2.10. The van der Waals surface area contributed by atoms with Crippen molar-refractivity contribution < 1.29 is 4.74 Å². The van der Waals surface area contributed by atoms with Crippen molar-refractivity contribution in [1.82, 2.24) is 4.57 Å². The van der Waals surface area contributed by atoms with E-state index in [1.165, 1.54) is 11.7 Å². The van der Waals surface area contributed by atoms with Crippen LogP contribution < -0.4 is 10.3 Å². The first kappa shape index (κ1) is 12.5. The van der Waals surface area contributed by atoms with Crippen molar-refractivity contribution in [3.05, 3.63) is 39.1 Å². The number of aromatic nitrogens is 1. The Bertz CT molecular complexity index is 713. The lowest BCUT2D eigenvalue weighted by molar-refractivity contribution is 0.415. The number of nitrogens with zero attached hydrogens (tertiary/aromatic N) is 2. The van der Waals surface area contributed by atoms with E-state index in [0.717, 1.165) is 5.39 Å². The van der Waals surface area contributed by atoms with Gasteiger partial charge in [0, 0.05) is 18.0 Å².